The number of aliphatic carboxylic acids is 1. The molecule has 0 radical (unpaired) electrons. The first-order chi connectivity index (χ1) is 7.65. The van der Waals surface area contributed by atoms with E-state index in [4.69, 9.17) is 5.11 Å². The normalized spacial score (nSPS) is 13.5. The van der Waals surface area contributed by atoms with Gasteiger partial charge in [-0.2, -0.15) is 0 Å². The largest absolute Gasteiger partial charge is 0.481 e. The quantitative estimate of drug-likeness (QED) is 0.834. The van der Waals surface area contributed by atoms with Crippen LogP contribution in [0.15, 0.2) is 0 Å². The standard InChI is InChI=1S/C10H12N2O3S/c13-8(4-5-9(14)15)12-10-11-6-2-1-3-7(6)16-10/h1-5H2,(H,14,15)(H,11,12,13). The third kappa shape index (κ3) is 2.57. The first kappa shape index (κ1) is 11.1. The number of aromatic nitrogens is 1. The van der Waals surface area contributed by atoms with Gasteiger partial charge in [-0.1, -0.05) is 0 Å². The maximum atomic E-state index is 11.3. The number of hydrogen-bond donors (Lipinski definition) is 2. The van der Waals surface area contributed by atoms with Gasteiger partial charge >= 0.3 is 5.97 Å². The maximum absolute atomic E-state index is 11.3. The molecule has 5 nitrogen and oxygen atoms in total. The molecule has 2 rings (SSSR count). The van der Waals surface area contributed by atoms with Crippen LogP contribution >= 0.6 is 11.3 Å². The second-order valence-electron chi connectivity index (χ2n) is 3.68. The molecule has 0 saturated heterocycles. The molecule has 0 aliphatic heterocycles. The lowest BCUT2D eigenvalue weighted by molar-refractivity contribution is -0.138. The summed E-state index contributed by atoms with van der Waals surface area (Å²) in [6, 6.07) is 0. The van der Waals surface area contributed by atoms with E-state index in [1.54, 1.807) is 0 Å². The lowest BCUT2D eigenvalue weighted by Crippen LogP contribution is -2.13. The summed E-state index contributed by atoms with van der Waals surface area (Å²) in [7, 11) is 0. The molecule has 0 spiro atoms. The van der Waals surface area contributed by atoms with Crippen LogP contribution < -0.4 is 5.32 Å². The highest BCUT2D eigenvalue weighted by Gasteiger charge is 2.17. The van der Waals surface area contributed by atoms with E-state index in [1.165, 1.54) is 16.2 Å². The summed E-state index contributed by atoms with van der Waals surface area (Å²) in [5.74, 6) is -1.24. The van der Waals surface area contributed by atoms with Crippen LogP contribution in [0.1, 0.15) is 29.8 Å². The zero-order valence-electron chi connectivity index (χ0n) is 8.65. The number of nitrogens with one attached hydrogen (secondary N) is 1. The number of anilines is 1. The Morgan fingerprint density at radius 2 is 2.19 bits per heavy atom. The summed E-state index contributed by atoms with van der Waals surface area (Å²) in [5.41, 5.74) is 1.08. The average Bonchev–Trinajstić information content (AvgIpc) is 2.74. The molecule has 0 saturated carbocycles. The minimum absolute atomic E-state index is 0.000417. The number of carbonyl (C=O) groups excluding carboxylic acids is 1. The van der Waals surface area contributed by atoms with Gasteiger partial charge in [0, 0.05) is 11.3 Å². The molecule has 1 aromatic rings. The van der Waals surface area contributed by atoms with Gasteiger partial charge in [0.1, 0.15) is 0 Å². The van der Waals surface area contributed by atoms with Crippen LogP contribution in [0.2, 0.25) is 0 Å². The Bertz CT molecular complexity index is 406. The van der Waals surface area contributed by atoms with Gasteiger partial charge in [-0.05, 0) is 19.3 Å². The van der Waals surface area contributed by atoms with E-state index in [0.717, 1.165) is 25.0 Å². The lowest BCUT2D eigenvalue weighted by Gasteiger charge is -1.99. The van der Waals surface area contributed by atoms with Gasteiger partial charge in [0.15, 0.2) is 5.13 Å². The summed E-state index contributed by atoms with van der Waals surface area (Å²) in [6.45, 7) is 0. The summed E-state index contributed by atoms with van der Waals surface area (Å²) in [6.07, 6.45) is 3.02. The molecule has 0 atom stereocenters. The van der Waals surface area contributed by atoms with Crippen molar-refractivity contribution in [3.05, 3.63) is 10.6 Å². The molecule has 6 heteroatoms. The topological polar surface area (TPSA) is 79.3 Å². The van der Waals surface area contributed by atoms with Crippen LogP contribution in [0.4, 0.5) is 5.13 Å². The van der Waals surface area contributed by atoms with Crippen LogP contribution in [0.5, 0.6) is 0 Å². The Morgan fingerprint density at radius 3 is 2.88 bits per heavy atom. The second kappa shape index (κ2) is 4.61. The van der Waals surface area contributed by atoms with Gasteiger partial charge < -0.3 is 10.4 Å². The molecule has 16 heavy (non-hydrogen) atoms. The van der Waals surface area contributed by atoms with E-state index in [-0.39, 0.29) is 18.7 Å². The average molecular weight is 240 g/mol. The van der Waals surface area contributed by atoms with Gasteiger partial charge in [-0.15, -0.1) is 11.3 Å². The smallest absolute Gasteiger partial charge is 0.303 e. The molecule has 0 aromatic carbocycles. The fraction of sp³-hybridized carbons (Fsp3) is 0.500. The number of rotatable bonds is 4. The zero-order valence-corrected chi connectivity index (χ0v) is 9.47. The molecular weight excluding hydrogens is 228 g/mol. The van der Waals surface area contributed by atoms with Gasteiger partial charge in [-0.25, -0.2) is 4.98 Å². The minimum Gasteiger partial charge on any atom is -0.481 e. The number of nitrogens with zero attached hydrogens (tertiary/aromatic N) is 1. The van der Waals surface area contributed by atoms with Crippen molar-refractivity contribution in [3.63, 3.8) is 0 Å². The highest BCUT2D eigenvalue weighted by molar-refractivity contribution is 7.15. The van der Waals surface area contributed by atoms with Crippen molar-refractivity contribution in [2.45, 2.75) is 32.1 Å². The molecule has 86 valence electrons. The Labute approximate surface area is 96.5 Å². The van der Waals surface area contributed by atoms with Crippen LogP contribution in [-0.2, 0) is 22.4 Å². The molecular formula is C10H12N2O3S. The van der Waals surface area contributed by atoms with Crippen LogP contribution in [0.3, 0.4) is 0 Å². The molecule has 0 unspecified atom stereocenters. The molecule has 1 heterocycles. The number of aryl methyl sites for hydroxylation is 2. The second-order valence-corrected chi connectivity index (χ2v) is 4.77. The third-order valence-electron chi connectivity index (χ3n) is 2.41. The number of carboxylic acids is 1. The van der Waals surface area contributed by atoms with E-state index < -0.39 is 5.97 Å². The van der Waals surface area contributed by atoms with Crippen LogP contribution in [0, 0.1) is 0 Å². The molecule has 1 aliphatic carbocycles. The van der Waals surface area contributed by atoms with E-state index in [1.807, 2.05) is 0 Å². The highest BCUT2D eigenvalue weighted by Crippen LogP contribution is 2.30. The summed E-state index contributed by atoms with van der Waals surface area (Å²) < 4.78 is 0. The van der Waals surface area contributed by atoms with E-state index in [2.05, 4.69) is 10.3 Å². The zero-order chi connectivity index (χ0) is 11.5. The number of fused-ring (bicyclic) bond motifs is 1. The lowest BCUT2D eigenvalue weighted by atomic mass is 10.3. The minimum atomic E-state index is -0.961. The summed E-state index contributed by atoms with van der Waals surface area (Å²) in [5, 5.41) is 11.7. The van der Waals surface area contributed by atoms with Crippen molar-refractivity contribution < 1.29 is 14.7 Å². The van der Waals surface area contributed by atoms with Gasteiger partial charge in [0.05, 0.1) is 12.1 Å². The number of carbonyl (C=O) groups is 2. The molecule has 1 aliphatic rings. The molecule has 0 bridgehead atoms. The van der Waals surface area contributed by atoms with Crippen molar-refractivity contribution in [3.8, 4) is 0 Å². The SMILES string of the molecule is O=C(O)CCC(=O)Nc1nc2c(s1)CCC2. The van der Waals surface area contributed by atoms with Crippen molar-refractivity contribution in [1.29, 1.82) is 0 Å². The predicted octanol–water partition coefficient (Wildman–Crippen LogP) is 1.44. The van der Waals surface area contributed by atoms with E-state index in [0.29, 0.717) is 5.13 Å². The number of amides is 1. The molecule has 0 fully saturated rings. The Morgan fingerprint density at radius 1 is 1.38 bits per heavy atom. The number of carboxylic acid groups (broad SMARTS) is 1. The van der Waals surface area contributed by atoms with Gasteiger partial charge in [0.25, 0.3) is 0 Å². The Hall–Kier alpha value is -1.43. The number of hydrogen-bond acceptors (Lipinski definition) is 4. The summed E-state index contributed by atoms with van der Waals surface area (Å²) in [4.78, 5) is 27.2. The first-order valence-electron chi connectivity index (χ1n) is 5.15. The van der Waals surface area contributed by atoms with Gasteiger partial charge in [0.2, 0.25) is 5.91 Å². The first-order valence-corrected chi connectivity index (χ1v) is 5.97. The molecule has 2 N–H and O–H groups in total. The van der Waals surface area contributed by atoms with Crippen molar-refractivity contribution in [2.75, 3.05) is 5.32 Å². The Balaban J connectivity index is 1.89. The Kier molecular flexibility index (Phi) is 3.19. The van der Waals surface area contributed by atoms with E-state index in [9.17, 15) is 9.59 Å². The van der Waals surface area contributed by atoms with Crippen molar-refractivity contribution in [2.24, 2.45) is 0 Å². The van der Waals surface area contributed by atoms with Crippen molar-refractivity contribution in [1.82, 2.24) is 4.98 Å². The monoisotopic (exact) mass is 240 g/mol. The van der Waals surface area contributed by atoms with Crippen molar-refractivity contribution >= 4 is 28.3 Å². The van der Waals surface area contributed by atoms with E-state index >= 15 is 0 Å². The molecule has 1 amide bonds. The highest BCUT2D eigenvalue weighted by atomic mass is 32.1. The van der Waals surface area contributed by atoms with Crippen LogP contribution in [0.25, 0.3) is 0 Å². The van der Waals surface area contributed by atoms with Gasteiger partial charge in [-0.3, -0.25) is 9.59 Å². The number of thiazole rings is 1. The maximum Gasteiger partial charge on any atom is 0.303 e. The molecule has 1 aromatic heterocycles. The third-order valence-corrected chi connectivity index (χ3v) is 3.48. The van der Waals surface area contributed by atoms with Crippen LogP contribution in [-0.4, -0.2) is 22.0 Å². The fourth-order valence-electron chi connectivity index (χ4n) is 1.65. The fourth-order valence-corrected chi connectivity index (χ4v) is 2.71. The predicted molar refractivity (Wildman–Crippen MR) is 59.6 cm³/mol. The summed E-state index contributed by atoms with van der Waals surface area (Å²) >= 11 is 1.49.